The third kappa shape index (κ3) is 4.32. The molecule has 0 saturated heterocycles. The molecule has 0 fully saturated rings. The zero-order valence-electron chi connectivity index (χ0n) is 15.4. The Morgan fingerprint density at radius 1 is 1.14 bits per heavy atom. The van der Waals surface area contributed by atoms with Gasteiger partial charge in [0, 0.05) is 35.3 Å². The molecule has 142 valence electrons. The van der Waals surface area contributed by atoms with Gasteiger partial charge in [-0.1, -0.05) is 19.9 Å². The van der Waals surface area contributed by atoms with E-state index in [1.54, 1.807) is 36.4 Å². The molecule has 7 heteroatoms. The largest absolute Gasteiger partial charge is 0.322 e. The van der Waals surface area contributed by atoms with Crippen LogP contribution in [0.15, 0.2) is 59.4 Å². The number of carbonyl (C=O) groups excluding carboxylic acids is 1. The number of nitrogens with zero attached hydrogens (tertiary/aromatic N) is 1. The lowest BCUT2D eigenvalue weighted by Gasteiger charge is -2.11. The first kappa shape index (κ1) is 19.0. The zero-order chi connectivity index (χ0) is 20.3. The predicted molar refractivity (Wildman–Crippen MR) is 109 cm³/mol. The number of hydrogen-bond donors (Lipinski definition) is 2. The highest BCUT2D eigenvalue weighted by Gasteiger charge is 2.08. The molecule has 1 aromatic heterocycles. The van der Waals surface area contributed by atoms with Crippen molar-refractivity contribution in [3.63, 3.8) is 0 Å². The molecule has 0 bridgehead atoms. The number of fused-ring (bicyclic) bond motifs is 1. The third-order valence-electron chi connectivity index (χ3n) is 4.30. The van der Waals surface area contributed by atoms with Gasteiger partial charge in [0.05, 0.1) is 10.4 Å². The van der Waals surface area contributed by atoms with Crippen molar-refractivity contribution in [3.05, 3.63) is 86.2 Å². The van der Waals surface area contributed by atoms with E-state index in [0.29, 0.717) is 16.8 Å². The molecule has 1 amide bonds. The first-order chi connectivity index (χ1) is 13.3. The van der Waals surface area contributed by atoms with E-state index in [0.717, 1.165) is 10.9 Å². The van der Waals surface area contributed by atoms with Gasteiger partial charge < -0.3 is 10.3 Å². The van der Waals surface area contributed by atoms with E-state index in [-0.39, 0.29) is 23.1 Å². The molecule has 2 aromatic carbocycles. The molecule has 0 aliphatic rings. The van der Waals surface area contributed by atoms with Gasteiger partial charge in [0.2, 0.25) is 11.5 Å². The molecule has 0 saturated carbocycles. The standard InChI is InChI=1S/C21H19N3O4/c1-13(2)18-12-21(26)23-19-11-15(6-9-17(18)19)22-20(25)10-5-14-3-7-16(8-4-14)24(27)28/h3-13H,1-2H3,(H,22,25)(H,23,26)/b10-5-. The van der Waals surface area contributed by atoms with E-state index >= 15 is 0 Å². The molecule has 0 unspecified atom stereocenters. The summed E-state index contributed by atoms with van der Waals surface area (Å²) in [7, 11) is 0. The van der Waals surface area contributed by atoms with E-state index in [4.69, 9.17) is 0 Å². The molecular weight excluding hydrogens is 358 g/mol. The van der Waals surface area contributed by atoms with Gasteiger partial charge >= 0.3 is 0 Å². The normalized spacial score (nSPS) is 11.2. The van der Waals surface area contributed by atoms with Crippen molar-refractivity contribution < 1.29 is 9.72 Å². The van der Waals surface area contributed by atoms with Crippen LogP contribution in [0, 0.1) is 10.1 Å². The lowest BCUT2D eigenvalue weighted by molar-refractivity contribution is -0.384. The number of nitro groups is 1. The average Bonchev–Trinajstić information content (AvgIpc) is 2.65. The van der Waals surface area contributed by atoms with Crippen LogP contribution in [0.2, 0.25) is 0 Å². The van der Waals surface area contributed by atoms with Gasteiger partial charge in [-0.05, 0) is 47.4 Å². The number of benzene rings is 2. The zero-order valence-corrected chi connectivity index (χ0v) is 15.4. The summed E-state index contributed by atoms with van der Waals surface area (Å²) >= 11 is 0. The summed E-state index contributed by atoms with van der Waals surface area (Å²) in [5.74, 6) is -0.144. The first-order valence-corrected chi connectivity index (χ1v) is 8.74. The smallest absolute Gasteiger partial charge is 0.269 e. The van der Waals surface area contributed by atoms with Crippen molar-refractivity contribution >= 4 is 34.3 Å². The summed E-state index contributed by atoms with van der Waals surface area (Å²) < 4.78 is 0. The van der Waals surface area contributed by atoms with E-state index in [1.807, 2.05) is 19.9 Å². The van der Waals surface area contributed by atoms with Crippen molar-refractivity contribution in [3.8, 4) is 0 Å². The molecule has 0 aliphatic heterocycles. The number of non-ortho nitro benzene ring substituents is 1. The summed E-state index contributed by atoms with van der Waals surface area (Å²) in [6.45, 7) is 4.04. The summed E-state index contributed by atoms with van der Waals surface area (Å²) in [6.07, 6.45) is 2.91. The number of pyridine rings is 1. The summed E-state index contributed by atoms with van der Waals surface area (Å²) in [4.78, 5) is 37.0. The number of rotatable bonds is 5. The molecule has 0 atom stereocenters. The van der Waals surface area contributed by atoms with Crippen LogP contribution in [-0.2, 0) is 4.79 Å². The quantitative estimate of drug-likeness (QED) is 0.395. The van der Waals surface area contributed by atoms with Crippen molar-refractivity contribution in [1.29, 1.82) is 0 Å². The van der Waals surface area contributed by atoms with Crippen LogP contribution in [0.3, 0.4) is 0 Å². The molecule has 3 rings (SSSR count). The number of hydrogen-bond acceptors (Lipinski definition) is 4. The maximum Gasteiger partial charge on any atom is 0.269 e. The lowest BCUT2D eigenvalue weighted by Crippen LogP contribution is -2.10. The number of amides is 1. The predicted octanol–water partition coefficient (Wildman–Crippen LogP) is 4.21. The monoisotopic (exact) mass is 377 g/mol. The Morgan fingerprint density at radius 2 is 1.86 bits per heavy atom. The van der Waals surface area contributed by atoms with Crippen LogP contribution in [0.25, 0.3) is 17.0 Å². The number of nitrogens with one attached hydrogen (secondary N) is 2. The topological polar surface area (TPSA) is 105 Å². The van der Waals surface area contributed by atoms with Gasteiger partial charge in [0.15, 0.2) is 0 Å². The Balaban J connectivity index is 1.77. The Kier molecular flexibility index (Phi) is 5.35. The van der Waals surface area contributed by atoms with Gasteiger partial charge in [-0.15, -0.1) is 0 Å². The molecule has 1 heterocycles. The summed E-state index contributed by atoms with van der Waals surface area (Å²) in [5, 5.41) is 14.3. The number of anilines is 1. The molecule has 2 N–H and O–H groups in total. The highest BCUT2D eigenvalue weighted by molar-refractivity contribution is 6.03. The summed E-state index contributed by atoms with van der Waals surface area (Å²) in [5.41, 5.74) is 2.65. The fourth-order valence-electron chi connectivity index (χ4n) is 2.91. The van der Waals surface area contributed by atoms with Crippen LogP contribution in [0.1, 0.15) is 30.9 Å². The minimum absolute atomic E-state index is 0.00692. The van der Waals surface area contributed by atoms with Gasteiger partial charge in [-0.3, -0.25) is 19.7 Å². The molecule has 0 radical (unpaired) electrons. The first-order valence-electron chi connectivity index (χ1n) is 8.74. The minimum Gasteiger partial charge on any atom is -0.322 e. The Hall–Kier alpha value is -3.74. The van der Waals surface area contributed by atoms with E-state index in [9.17, 15) is 19.7 Å². The molecule has 7 nitrogen and oxygen atoms in total. The molecule has 0 spiro atoms. The van der Waals surface area contributed by atoms with Gasteiger partial charge in [-0.25, -0.2) is 0 Å². The molecule has 0 aliphatic carbocycles. The van der Waals surface area contributed by atoms with Gasteiger partial charge in [-0.2, -0.15) is 0 Å². The number of nitro benzene ring substituents is 1. The number of H-pyrrole nitrogens is 1. The lowest BCUT2D eigenvalue weighted by atomic mass is 9.99. The van der Waals surface area contributed by atoms with Crippen LogP contribution in [0.4, 0.5) is 11.4 Å². The van der Waals surface area contributed by atoms with Crippen LogP contribution in [-0.4, -0.2) is 15.8 Å². The van der Waals surface area contributed by atoms with Crippen LogP contribution < -0.4 is 10.9 Å². The highest BCUT2D eigenvalue weighted by atomic mass is 16.6. The second-order valence-corrected chi connectivity index (χ2v) is 6.68. The fourth-order valence-corrected chi connectivity index (χ4v) is 2.91. The Labute approximate surface area is 160 Å². The summed E-state index contributed by atoms with van der Waals surface area (Å²) in [6, 6.07) is 12.9. The van der Waals surface area contributed by atoms with Gasteiger partial charge in [0.25, 0.3) is 5.69 Å². The maximum atomic E-state index is 12.2. The second kappa shape index (κ2) is 7.87. The maximum absolute atomic E-state index is 12.2. The average molecular weight is 377 g/mol. The van der Waals surface area contributed by atoms with Crippen molar-refractivity contribution in [2.75, 3.05) is 5.32 Å². The Bertz CT molecular complexity index is 1130. The Morgan fingerprint density at radius 3 is 2.50 bits per heavy atom. The SMILES string of the molecule is CC(C)c1cc(=O)[nH]c2cc(NC(=O)/C=C\c3ccc([N+](=O)[O-])cc3)ccc12. The van der Waals surface area contributed by atoms with Gasteiger partial charge in [0.1, 0.15) is 0 Å². The number of aromatic amines is 1. The van der Waals surface area contributed by atoms with Crippen LogP contribution >= 0.6 is 0 Å². The number of carbonyl (C=O) groups is 1. The van der Waals surface area contributed by atoms with Crippen molar-refractivity contribution in [1.82, 2.24) is 4.98 Å². The van der Waals surface area contributed by atoms with E-state index in [2.05, 4.69) is 10.3 Å². The van der Waals surface area contributed by atoms with E-state index < -0.39 is 4.92 Å². The van der Waals surface area contributed by atoms with E-state index in [1.165, 1.54) is 18.2 Å². The van der Waals surface area contributed by atoms with Crippen molar-refractivity contribution in [2.24, 2.45) is 0 Å². The highest BCUT2D eigenvalue weighted by Crippen LogP contribution is 2.25. The molecule has 3 aromatic rings. The third-order valence-corrected chi connectivity index (χ3v) is 4.30. The second-order valence-electron chi connectivity index (χ2n) is 6.68. The van der Waals surface area contributed by atoms with Crippen LogP contribution in [0.5, 0.6) is 0 Å². The van der Waals surface area contributed by atoms with Crippen molar-refractivity contribution in [2.45, 2.75) is 19.8 Å². The fraction of sp³-hybridized carbons (Fsp3) is 0.143. The molecule has 28 heavy (non-hydrogen) atoms. The number of aromatic nitrogens is 1. The minimum atomic E-state index is -0.477. The molecular formula is C21H19N3O4.